The average molecular weight is 295 g/mol. The largest absolute Gasteiger partial charge is 0.466 e. The van der Waals surface area contributed by atoms with Crippen molar-refractivity contribution in [2.45, 2.75) is 18.9 Å². The van der Waals surface area contributed by atoms with Crippen molar-refractivity contribution in [3.8, 4) is 5.75 Å². The molecule has 0 radical (unpaired) electrons. The van der Waals surface area contributed by atoms with E-state index in [1.54, 1.807) is 12.4 Å². The number of ether oxygens (including phenoxy) is 2. The molecule has 1 aliphatic rings. The monoisotopic (exact) mass is 294 g/mol. The van der Waals surface area contributed by atoms with Gasteiger partial charge in [0, 0.05) is 12.2 Å². The first kappa shape index (κ1) is 17.4. The fraction of sp³-hybridized carbons (Fsp3) is 0.583. The predicted octanol–water partition coefficient (Wildman–Crippen LogP) is 2.37. The molecule has 0 amide bonds. The Bertz CT molecular complexity index is 314. The van der Waals surface area contributed by atoms with Crippen LogP contribution in [-0.4, -0.2) is 42.9 Å². The normalized spacial score (nSPS) is 18.8. The van der Waals surface area contributed by atoms with E-state index in [1.165, 1.54) is 19.4 Å². The Hall–Kier alpha value is -0.550. The van der Waals surface area contributed by atoms with Gasteiger partial charge in [-0.15, -0.1) is 24.8 Å². The van der Waals surface area contributed by atoms with E-state index in [-0.39, 0.29) is 24.8 Å². The van der Waals surface area contributed by atoms with Gasteiger partial charge in [0.25, 0.3) is 0 Å². The van der Waals surface area contributed by atoms with Crippen molar-refractivity contribution in [3.63, 3.8) is 0 Å². The molecule has 1 aromatic rings. The summed E-state index contributed by atoms with van der Waals surface area (Å²) in [5, 5.41) is 0. The first-order valence-corrected chi connectivity index (χ1v) is 5.67. The molecule has 0 spiro atoms. The van der Waals surface area contributed by atoms with E-state index >= 15 is 0 Å². The molecule has 2 heterocycles. The number of likely N-dealkylation sites (tertiary alicyclic amines) is 1. The van der Waals surface area contributed by atoms with Crippen molar-refractivity contribution in [2.24, 2.45) is 0 Å². The molecule has 18 heavy (non-hydrogen) atoms. The molecule has 0 aromatic carbocycles. The van der Waals surface area contributed by atoms with E-state index in [2.05, 4.69) is 16.9 Å². The van der Waals surface area contributed by atoms with Gasteiger partial charge < -0.3 is 14.4 Å². The van der Waals surface area contributed by atoms with E-state index in [4.69, 9.17) is 9.47 Å². The average Bonchev–Trinajstić information content (AvgIpc) is 2.72. The third-order valence-corrected chi connectivity index (χ3v) is 2.93. The Morgan fingerprint density at radius 3 is 2.89 bits per heavy atom. The number of pyridine rings is 1. The quantitative estimate of drug-likeness (QED) is 0.617. The van der Waals surface area contributed by atoms with Gasteiger partial charge in [-0.1, -0.05) is 0 Å². The first-order valence-electron chi connectivity index (χ1n) is 5.67. The highest BCUT2D eigenvalue weighted by atomic mass is 35.5. The lowest BCUT2D eigenvalue weighted by atomic mass is 10.2. The number of hydrogen-bond donors (Lipinski definition) is 0. The molecule has 104 valence electrons. The zero-order valence-electron chi connectivity index (χ0n) is 10.4. The van der Waals surface area contributed by atoms with Crippen LogP contribution < -0.4 is 4.74 Å². The van der Waals surface area contributed by atoms with Crippen molar-refractivity contribution < 1.29 is 9.47 Å². The summed E-state index contributed by atoms with van der Waals surface area (Å²) in [7, 11) is 2.14. The van der Waals surface area contributed by atoms with Gasteiger partial charge in [0.1, 0.15) is 5.75 Å². The van der Waals surface area contributed by atoms with E-state index in [9.17, 15) is 0 Å². The first-order chi connectivity index (χ1) is 7.86. The molecule has 1 atom stereocenters. The molecule has 1 fully saturated rings. The Labute approximate surface area is 120 Å². The number of aromatic nitrogens is 1. The van der Waals surface area contributed by atoms with Gasteiger partial charge in [0.05, 0.1) is 12.8 Å². The van der Waals surface area contributed by atoms with Crippen LogP contribution in [0.5, 0.6) is 5.75 Å². The molecule has 6 heteroatoms. The van der Waals surface area contributed by atoms with Crippen LogP contribution >= 0.6 is 24.8 Å². The lowest BCUT2D eigenvalue weighted by Gasteiger charge is -2.19. The van der Waals surface area contributed by atoms with E-state index in [0.717, 1.165) is 12.4 Å². The highest BCUT2D eigenvalue weighted by Crippen LogP contribution is 2.14. The van der Waals surface area contributed by atoms with Gasteiger partial charge in [-0.25, -0.2) is 0 Å². The highest BCUT2D eigenvalue weighted by Gasteiger charge is 2.20. The Morgan fingerprint density at radius 2 is 2.28 bits per heavy atom. The van der Waals surface area contributed by atoms with Crippen LogP contribution in [0.2, 0.25) is 0 Å². The second-order valence-electron chi connectivity index (χ2n) is 4.10. The third-order valence-electron chi connectivity index (χ3n) is 2.93. The summed E-state index contributed by atoms with van der Waals surface area (Å²) >= 11 is 0. The molecule has 1 aromatic heterocycles. The predicted molar refractivity (Wildman–Crippen MR) is 75.8 cm³/mol. The molecular formula is C12H20Cl2N2O2. The van der Waals surface area contributed by atoms with Gasteiger partial charge in [0.15, 0.2) is 6.79 Å². The van der Waals surface area contributed by atoms with Gasteiger partial charge in [-0.3, -0.25) is 4.98 Å². The zero-order valence-corrected chi connectivity index (χ0v) is 12.1. The molecule has 1 saturated heterocycles. The molecule has 0 N–H and O–H groups in total. The summed E-state index contributed by atoms with van der Waals surface area (Å²) in [5.74, 6) is 0.752. The minimum Gasteiger partial charge on any atom is -0.466 e. The SMILES string of the molecule is CN1CCC[C@H]1COCOc1cccnc1.Cl.Cl. The number of nitrogens with zero attached hydrogens (tertiary/aromatic N) is 2. The molecule has 2 rings (SSSR count). The second kappa shape index (κ2) is 9.39. The minimum atomic E-state index is 0. The topological polar surface area (TPSA) is 34.6 Å². The third kappa shape index (κ3) is 5.40. The summed E-state index contributed by atoms with van der Waals surface area (Å²) in [4.78, 5) is 6.30. The summed E-state index contributed by atoms with van der Waals surface area (Å²) in [6, 6.07) is 4.27. The van der Waals surface area contributed by atoms with Crippen LogP contribution in [0.1, 0.15) is 12.8 Å². The number of halogens is 2. The number of likely N-dealkylation sites (N-methyl/N-ethyl adjacent to an activating group) is 1. The Kier molecular flexibility index (Phi) is 9.10. The summed E-state index contributed by atoms with van der Waals surface area (Å²) in [5.41, 5.74) is 0. The molecule has 0 bridgehead atoms. The highest BCUT2D eigenvalue weighted by molar-refractivity contribution is 5.85. The lowest BCUT2D eigenvalue weighted by Crippen LogP contribution is -2.29. The van der Waals surface area contributed by atoms with Gasteiger partial charge in [-0.2, -0.15) is 0 Å². The van der Waals surface area contributed by atoms with Crippen molar-refractivity contribution >= 4 is 24.8 Å². The minimum absolute atomic E-state index is 0. The fourth-order valence-corrected chi connectivity index (χ4v) is 1.92. The maximum absolute atomic E-state index is 5.50. The van der Waals surface area contributed by atoms with Crippen LogP contribution in [0.4, 0.5) is 0 Å². The summed E-state index contributed by atoms with van der Waals surface area (Å²) in [6.45, 7) is 2.23. The van der Waals surface area contributed by atoms with E-state index in [0.29, 0.717) is 12.8 Å². The smallest absolute Gasteiger partial charge is 0.189 e. The van der Waals surface area contributed by atoms with Gasteiger partial charge in [0.2, 0.25) is 0 Å². The van der Waals surface area contributed by atoms with Gasteiger partial charge in [-0.05, 0) is 38.6 Å². The Morgan fingerprint density at radius 1 is 1.44 bits per heavy atom. The molecule has 0 saturated carbocycles. The molecule has 0 aliphatic carbocycles. The summed E-state index contributed by atoms with van der Waals surface area (Å²) in [6.07, 6.45) is 5.91. The van der Waals surface area contributed by atoms with Crippen molar-refractivity contribution in [1.29, 1.82) is 0 Å². The van der Waals surface area contributed by atoms with Crippen LogP contribution in [0, 0.1) is 0 Å². The van der Waals surface area contributed by atoms with Crippen LogP contribution in [0.25, 0.3) is 0 Å². The lowest BCUT2D eigenvalue weighted by molar-refractivity contribution is -0.00590. The van der Waals surface area contributed by atoms with Crippen LogP contribution in [0.3, 0.4) is 0 Å². The number of hydrogen-bond acceptors (Lipinski definition) is 4. The fourth-order valence-electron chi connectivity index (χ4n) is 1.92. The van der Waals surface area contributed by atoms with Crippen LogP contribution in [0.15, 0.2) is 24.5 Å². The zero-order chi connectivity index (χ0) is 11.2. The summed E-state index contributed by atoms with van der Waals surface area (Å²) < 4.78 is 10.9. The van der Waals surface area contributed by atoms with E-state index < -0.39 is 0 Å². The van der Waals surface area contributed by atoms with Crippen LogP contribution in [-0.2, 0) is 4.74 Å². The van der Waals surface area contributed by atoms with Crippen molar-refractivity contribution in [3.05, 3.63) is 24.5 Å². The molecule has 1 aliphatic heterocycles. The maximum Gasteiger partial charge on any atom is 0.189 e. The van der Waals surface area contributed by atoms with Crippen molar-refractivity contribution in [1.82, 2.24) is 9.88 Å². The van der Waals surface area contributed by atoms with E-state index in [1.807, 2.05) is 12.1 Å². The molecule has 0 unspecified atom stereocenters. The molecular weight excluding hydrogens is 275 g/mol. The van der Waals surface area contributed by atoms with Gasteiger partial charge >= 0.3 is 0 Å². The molecule has 4 nitrogen and oxygen atoms in total. The van der Waals surface area contributed by atoms with Crippen molar-refractivity contribution in [2.75, 3.05) is 27.0 Å². The Balaban J connectivity index is 0.00000144. The second-order valence-corrected chi connectivity index (χ2v) is 4.10. The maximum atomic E-state index is 5.50. The number of rotatable bonds is 5. The standard InChI is InChI=1S/C12H18N2O2.2ClH/c1-14-7-3-4-11(14)9-15-10-16-12-5-2-6-13-8-12;;/h2,5-6,8,11H,3-4,7,9-10H2,1H3;2*1H/t11-;;/m0../s1.